The topological polar surface area (TPSA) is 134 Å². The first kappa shape index (κ1) is 74.2. The Labute approximate surface area is 474 Å². The molecule has 0 aliphatic heterocycles. The number of hydrogen-bond acceptors (Lipinski definition) is 8. The van der Waals surface area contributed by atoms with Crippen molar-refractivity contribution in [2.45, 2.75) is 302 Å². The number of rotatable bonds is 60. The Hall–Kier alpha value is -2.81. The number of allylic oxidation sites excluding steroid dienone is 14. The Kier molecular flexibility index (Phi) is 60.1. The van der Waals surface area contributed by atoms with Gasteiger partial charge in [-0.25, -0.2) is 4.57 Å². The van der Waals surface area contributed by atoms with Crippen molar-refractivity contribution in [1.29, 1.82) is 0 Å². The lowest BCUT2D eigenvalue weighted by Gasteiger charge is -2.19. The number of phosphoric ester groups is 1. The summed E-state index contributed by atoms with van der Waals surface area (Å²) in [6, 6.07) is 0. The van der Waals surface area contributed by atoms with Gasteiger partial charge in [-0.1, -0.05) is 285 Å². The van der Waals surface area contributed by atoms with Crippen LogP contribution in [0.1, 0.15) is 296 Å². The van der Waals surface area contributed by atoms with Gasteiger partial charge in [0.1, 0.15) is 6.61 Å². The predicted octanol–water partition coefficient (Wildman–Crippen LogP) is 20.6. The quantitative estimate of drug-likeness (QED) is 0.0264. The summed E-state index contributed by atoms with van der Waals surface area (Å²) in [5, 5.41) is 0. The molecule has 0 bridgehead atoms. The van der Waals surface area contributed by atoms with Gasteiger partial charge in [0, 0.05) is 19.4 Å². The second kappa shape index (κ2) is 62.4. The fraction of sp³-hybridized carbons (Fsp3) is 0.761. The average molecular weight is 1100 g/mol. The van der Waals surface area contributed by atoms with Crippen LogP contribution in [0.15, 0.2) is 85.1 Å². The van der Waals surface area contributed by atoms with E-state index in [-0.39, 0.29) is 32.6 Å². The first-order valence-electron chi connectivity index (χ1n) is 32.1. The highest BCUT2D eigenvalue weighted by molar-refractivity contribution is 7.47. The standard InChI is InChI=1S/C67H120NO8P/c1-3-5-7-9-11-13-15-17-19-21-22-23-24-25-26-27-28-29-30-31-32-33-34-35-36-37-38-39-40-41-42-44-45-47-49-51-53-55-57-59-66(69)73-63-65(64-75-77(71,72)74-62-61-68)76-67(70)60-58-56-54-52-50-48-46-43-20-18-16-14-12-10-8-6-4-2/h6,8,12,14-15,17-18,20-22,46,48,52,54,65H,3-5,7,9-11,13,16,19,23-45,47,49-51,53,55-64,68H2,1-2H3,(H,71,72)/b8-6-,14-12-,17-15-,20-18-,22-21-,48-46-,54-52-. The molecule has 0 saturated heterocycles. The molecule has 0 saturated carbocycles. The maximum absolute atomic E-state index is 12.6. The van der Waals surface area contributed by atoms with Crippen molar-refractivity contribution in [3.05, 3.63) is 85.1 Å². The molecule has 0 aromatic heterocycles. The lowest BCUT2D eigenvalue weighted by Crippen LogP contribution is -2.29. The molecule has 9 nitrogen and oxygen atoms in total. The van der Waals surface area contributed by atoms with Crippen LogP contribution in [0.2, 0.25) is 0 Å². The van der Waals surface area contributed by atoms with E-state index in [1.165, 1.54) is 199 Å². The van der Waals surface area contributed by atoms with Crippen LogP contribution in [0.5, 0.6) is 0 Å². The summed E-state index contributed by atoms with van der Waals surface area (Å²) in [5.74, 6) is -0.890. The highest BCUT2D eigenvalue weighted by Crippen LogP contribution is 2.43. The molecule has 3 N–H and O–H groups in total. The van der Waals surface area contributed by atoms with Gasteiger partial charge in [0.25, 0.3) is 0 Å². The van der Waals surface area contributed by atoms with E-state index in [0.717, 1.165) is 57.8 Å². The summed E-state index contributed by atoms with van der Waals surface area (Å²) in [7, 11) is -4.41. The molecule has 0 aliphatic rings. The summed E-state index contributed by atoms with van der Waals surface area (Å²) in [4.78, 5) is 35.1. The molecule has 0 aliphatic carbocycles. The Morgan fingerprint density at radius 1 is 0.403 bits per heavy atom. The molecule has 2 unspecified atom stereocenters. The Balaban J connectivity index is 3.80. The van der Waals surface area contributed by atoms with Gasteiger partial charge in [-0.3, -0.25) is 18.6 Å². The Morgan fingerprint density at radius 3 is 1.10 bits per heavy atom. The molecule has 0 amide bonds. The Morgan fingerprint density at radius 2 is 0.727 bits per heavy atom. The van der Waals surface area contributed by atoms with Crippen LogP contribution >= 0.6 is 7.82 Å². The first-order chi connectivity index (χ1) is 37.8. The zero-order valence-corrected chi connectivity index (χ0v) is 50.8. The van der Waals surface area contributed by atoms with Gasteiger partial charge in [-0.2, -0.15) is 0 Å². The minimum Gasteiger partial charge on any atom is -0.462 e. The van der Waals surface area contributed by atoms with Gasteiger partial charge in [0.15, 0.2) is 6.10 Å². The molecule has 0 spiro atoms. The number of esters is 2. The van der Waals surface area contributed by atoms with E-state index in [1.54, 1.807) is 0 Å². The third-order valence-electron chi connectivity index (χ3n) is 13.8. The SMILES string of the molecule is CC/C=C\C/C=C\C/C=C\C/C=C\C/C=C\CCCC(=O)OC(COC(=O)CCCCCCCCCCCCCCCCCCCCCCCCCCCCC/C=C\C/C=C\CCCCCCC)COP(=O)(O)OCCN. The van der Waals surface area contributed by atoms with Gasteiger partial charge in [0.05, 0.1) is 13.2 Å². The predicted molar refractivity (Wildman–Crippen MR) is 330 cm³/mol. The highest BCUT2D eigenvalue weighted by atomic mass is 31.2. The van der Waals surface area contributed by atoms with Crippen LogP contribution in [0.3, 0.4) is 0 Å². The zero-order valence-electron chi connectivity index (χ0n) is 49.9. The van der Waals surface area contributed by atoms with Crippen molar-refractivity contribution in [2.75, 3.05) is 26.4 Å². The molecule has 0 radical (unpaired) electrons. The van der Waals surface area contributed by atoms with Crippen LogP contribution in [0.25, 0.3) is 0 Å². The van der Waals surface area contributed by atoms with E-state index < -0.39 is 32.5 Å². The molecule has 10 heteroatoms. The molecule has 0 rings (SSSR count). The molecule has 2 atom stereocenters. The molecular formula is C67H120NO8P. The van der Waals surface area contributed by atoms with Crippen molar-refractivity contribution < 1.29 is 37.6 Å². The summed E-state index contributed by atoms with van der Waals surface area (Å²) < 4.78 is 33.0. The number of carbonyl (C=O) groups is 2. The van der Waals surface area contributed by atoms with Crippen molar-refractivity contribution in [1.82, 2.24) is 0 Å². The molecule has 0 aromatic carbocycles. The third-order valence-corrected chi connectivity index (χ3v) is 14.7. The average Bonchev–Trinajstić information content (AvgIpc) is 3.42. The molecule has 77 heavy (non-hydrogen) atoms. The normalized spacial score (nSPS) is 13.6. The summed E-state index contributed by atoms with van der Waals surface area (Å²) in [6.07, 6.45) is 82.7. The third kappa shape index (κ3) is 62.3. The van der Waals surface area contributed by atoms with Crippen LogP contribution < -0.4 is 5.73 Å². The minimum absolute atomic E-state index is 0.0421. The van der Waals surface area contributed by atoms with Crippen LogP contribution in [-0.2, 0) is 32.7 Å². The van der Waals surface area contributed by atoms with E-state index in [1.807, 2.05) is 6.08 Å². The number of carbonyl (C=O) groups excluding carboxylic acids is 2. The van der Waals surface area contributed by atoms with E-state index >= 15 is 0 Å². The number of nitrogens with two attached hydrogens (primary N) is 1. The second-order valence-electron chi connectivity index (χ2n) is 21.2. The van der Waals surface area contributed by atoms with Crippen molar-refractivity contribution in [3.8, 4) is 0 Å². The second-order valence-corrected chi connectivity index (χ2v) is 22.7. The van der Waals surface area contributed by atoms with E-state index in [0.29, 0.717) is 12.8 Å². The van der Waals surface area contributed by atoms with E-state index in [4.69, 9.17) is 24.3 Å². The fourth-order valence-corrected chi connectivity index (χ4v) is 9.82. The van der Waals surface area contributed by atoms with Gasteiger partial charge in [-0.05, 0) is 83.5 Å². The number of ether oxygens (including phenoxy) is 2. The lowest BCUT2D eigenvalue weighted by molar-refractivity contribution is -0.161. The minimum atomic E-state index is -4.41. The Bertz CT molecular complexity index is 1530. The molecule has 0 aromatic rings. The first-order valence-corrected chi connectivity index (χ1v) is 33.6. The van der Waals surface area contributed by atoms with Gasteiger partial charge >= 0.3 is 19.8 Å². The molecule has 0 heterocycles. The van der Waals surface area contributed by atoms with Gasteiger partial charge < -0.3 is 20.1 Å². The molecule has 446 valence electrons. The maximum Gasteiger partial charge on any atom is 0.472 e. The van der Waals surface area contributed by atoms with E-state index in [2.05, 4.69) is 92.8 Å². The summed E-state index contributed by atoms with van der Waals surface area (Å²) >= 11 is 0. The van der Waals surface area contributed by atoms with Gasteiger partial charge in [-0.15, -0.1) is 0 Å². The molecular weight excluding hydrogens is 978 g/mol. The summed E-state index contributed by atoms with van der Waals surface area (Å²) in [6.45, 7) is 3.57. The number of unbranched alkanes of at least 4 members (excludes halogenated alkanes) is 33. The highest BCUT2D eigenvalue weighted by Gasteiger charge is 2.26. The van der Waals surface area contributed by atoms with Crippen LogP contribution in [0.4, 0.5) is 0 Å². The van der Waals surface area contributed by atoms with Crippen molar-refractivity contribution in [3.63, 3.8) is 0 Å². The van der Waals surface area contributed by atoms with Crippen molar-refractivity contribution in [2.24, 2.45) is 5.73 Å². The van der Waals surface area contributed by atoms with Crippen LogP contribution in [-0.4, -0.2) is 49.3 Å². The monoisotopic (exact) mass is 1100 g/mol. The van der Waals surface area contributed by atoms with E-state index in [9.17, 15) is 19.0 Å². The zero-order chi connectivity index (χ0) is 55.9. The maximum atomic E-state index is 12.6. The molecule has 0 fully saturated rings. The number of hydrogen-bond donors (Lipinski definition) is 2. The fourth-order valence-electron chi connectivity index (χ4n) is 9.06. The van der Waals surface area contributed by atoms with Crippen LogP contribution in [0, 0.1) is 0 Å². The lowest BCUT2D eigenvalue weighted by atomic mass is 10.0. The number of phosphoric acid groups is 1. The summed E-state index contributed by atoms with van der Waals surface area (Å²) in [5.41, 5.74) is 5.38. The van der Waals surface area contributed by atoms with Crippen molar-refractivity contribution >= 4 is 19.8 Å². The van der Waals surface area contributed by atoms with Gasteiger partial charge in [0.2, 0.25) is 0 Å². The smallest absolute Gasteiger partial charge is 0.462 e. The largest absolute Gasteiger partial charge is 0.472 e.